The molecule has 69 valence electrons. The van der Waals surface area contributed by atoms with Crippen molar-refractivity contribution in [3.05, 3.63) is 27.2 Å². The highest BCUT2D eigenvalue weighted by molar-refractivity contribution is 6.43. The van der Waals surface area contributed by atoms with E-state index >= 15 is 0 Å². The monoisotopic (exact) mass is 239 g/mol. The predicted molar refractivity (Wildman–Crippen MR) is 48.2 cm³/mol. The van der Waals surface area contributed by atoms with Crippen molar-refractivity contribution in [2.75, 3.05) is 0 Å². The van der Waals surface area contributed by atoms with Gasteiger partial charge in [0.15, 0.2) is 5.75 Å². The summed E-state index contributed by atoms with van der Waals surface area (Å²) in [6, 6.07) is 2.48. The molecule has 0 aliphatic rings. The van der Waals surface area contributed by atoms with Gasteiger partial charge in [-0.1, -0.05) is 34.8 Å². The van der Waals surface area contributed by atoms with Gasteiger partial charge in [-0.2, -0.15) is 9.90 Å². The predicted octanol–water partition coefficient (Wildman–Crippen LogP) is 3.58. The Balaban J connectivity index is 3.08. The summed E-state index contributed by atoms with van der Waals surface area (Å²) in [4.78, 5) is 10.0. The third-order valence-electron chi connectivity index (χ3n) is 1.17. The van der Waals surface area contributed by atoms with E-state index in [9.17, 15) is 9.90 Å². The van der Waals surface area contributed by atoms with Crippen molar-refractivity contribution >= 4 is 41.0 Å². The number of ether oxygens (including phenoxy) is 1. The van der Waals surface area contributed by atoms with Crippen LogP contribution in [0.3, 0.4) is 0 Å². The minimum absolute atomic E-state index is 0.0543. The smallest absolute Gasteiger partial charge is 0.391 e. The Morgan fingerprint density at radius 1 is 1.08 bits per heavy atom. The van der Waals surface area contributed by atoms with Crippen LogP contribution in [0.4, 0.5) is 4.79 Å². The second-order valence-corrected chi connectivity index (χ2v) is 3.27. The molecule has 0 unspecified atom stereocenters. The van der Waals surface area contributed by atoms with Crippen molar-refractivity contribution in [2.24, 2.45) is 0 Å². The van der Waals surface area contributed by atoms with Crippen molar-refractivity contribution in [1.82, 2.24) is 0 Å². The lowest BCUT2D eigenvalue weighted by Crippen LogP contribution is -2.01. The summed E-state index contributed by atoms with van der Waals surface area (Å²) in [5.74, 6) is -0.101. The van der Waals surface area contributed by atoms with Crippen molar-refractivity contribution in [1.29, 1.82) is 0 Å². The zero-order chi connectivity index (χ0) is 10.0. The van der Waals surface area contributed by atoms with Crippen LogP contribution < -0.4 is 4.74 Å². The average Bonchev–Trinajstić information content (AvgIpc) is 1.99. The van der Waals surface area contributed by atoms with Crippen LogP contribution in [0.15, 0.2) is 12.1 Å². The first-order valence-corrected chi connectivity index (χ1v) is 4.17. The van der Waals surface area contributed by atoms with E-state index in [0.717, 1.165) is 0 Å². The molecule has 0 aliphatic carbocycles. The Bertz CT molecular complexity index is 351. The third kappa shape index (κ3) is 2.66. The second kappa shape index (κ2) is 4.05. The molecule has 0 heterocycles. The van der Waals surface area contributed by atoms with Crippen LogP contribution in [-0.4, -0.2) is 6.16 Å². The van der Waals surface area contributed by atoms with E-state index in [1.165, 1.54) is 12.1 Å². The topological polar surface area (TPSA) is 46.2 Å². The highest BCUT2D eigenvalue weighted by Crippen LogP contribution is 2.33. The lowest BCUT2D eigenvalue weighted by molar-refractivity contribution is 0.117. The first kappa shape index (κ1) is 10.4. The molecule has 0 saturated carbocycles. The van der Waals surface area contributed by atoms with Gasteiger partial charge < -0.3 is 4.74 Å². The summed E-state index contributed by atoms with van der Waals surface area (Å²) in [6.07, 6.45) is -1.71. The standard InChI is InChI=1S/C7H2Cl3O3/c8-3-1-5(10)6(2-4(3)9)13-7(11)12/h1-2H. The van der Waals surface area contributed by atoms with Gasteiger partial charge >= 0.3 is 6.16 Å². The molecule has 0 aliphatic heterocycles. The Labute approximate surface area is 88.8 Å². The van der Waals surface area contributed by atoms with Gasteiger partial charge in [-0.3, -0.25) is 0 Å². The molecule has 1 aromatic rings. The fourth-order valence-corrected chi connectivity index (χ4v) is 1.25. The maximum absolute atomic E-state index is 10.0. The molecule has 1 aromatic carbocycles. The Morgan fingerprint density at radius 2 is 1.62 bits per heavy atom. The fraction of sp³-hybridized carbons (Fsp3) is 0. The minimum atomic E-state index is -1.71. The molecule has 13 heavy (non-hydrogen) atoms. The van der Waals surface area contributed by atoms with Gasteiger partial charge in [0.1, 0.15) is 0 Å². The molecule has 1 rings (SSSR count). The summed E-state index contributed by atoms with van der Waals surface area (Å²) in [7, 11) is 0. The minimum Gasteiger partial charge on any atom is -0.391 e. The maximum atomic E-state index is 10.0. The fourth-order valence-electron chi connectivity index (χ4n) is 0.672. The van der Waals surface area contributed by atoms with Crippen LogP contribution in [0.2, 0.25) is 15.1 Å². The number of carbonyl (C=O) groups is 1. The summed E-state index contributed by atoms with van der Waals surface area (Å²) in [5, 5.41) is 10.5. The SMILES string of the molecule is [O]C(=O)Oc1cc(Cl)c(Cl)cc1Cl. The van der Waals surface area contributed by atoms with Gasteiger partial charge in [-0.15, -0.1) is 0 Å². The summed E-state index contributed by atoms with van der Waals surface area (Å²) in [6.45, 7) is 0. The second-order valence-electron chi connectivity index (χ2n) is 2.05. The highest BCUT2D eigenvalue weighted by atomic mass is 35.5. The van der Waals surface area contributed by atoms with E-state index in [1.54, 1.807) is 0 Å². The molecule has 1 radical (unpaired) electrons. The van der Waals surface area contributed by atoms with E-state index in [1.807, 2.05) is 0 Å². The van der Waals surface area contributed by atoms with E-state index in [2.05, 4.69) is 4.74 Å². The van der Waals surface area contributed by atoms with E-state index in [0.29, 0.717) is 0 Å². The quantitative estimate of drug-likeness (QED) is 0.428. The van der Waals surface area contributed by atoms with E-state index in [-0.39, 0.29) is 20.8 Å². The molecule has 0 aromatic heterocycles. The summed E-state index contributed by atoms with van der Waals surface area (Å²) >= 11 is 16.8. The lowest BCUT2D eigenvalue weighted by Gasteiger charge is -2.02. The normalized spacial score (nSPS) is 9.77. The van der Waals surface area contributed by atoms with Crippen LogP contribution in [0.5, 0.6) is 5.75 Å². The number of hydrogen-bond acceptors (Lipinski definition) is 2. The van der Waals surface area contributed by atoms with Crippen molar-refractivity contribution < 1.29 is 14.6 Å². The third-order valence-corrected chi connectivity index (χ3v) is 2.19. The Hall–Kier alpha value is -0.640. The van der Waals surface area contributed by atoms with E-state index in [4.69, 9.17) is 34.8 Å². The zero-order valence-corrected chi connectivity index (χ0v) is 8.28. The van der Waals surface area contributed by atoms with Gasteiger partial charge in [0, 0.05) is 6.07 Å². The Kier molecular flexibility index (Phi) is 3.25. The van der Waals surface area contributed by atoms with Gasteiger partial charge in [0.05, 0.1) is 15.1 Å². The molecule has 0 bridgehead atoms. The number of carbonyl (C=O) groups excluding carboxylic acids is 1. The number of hydrogen-bond donors (Lipinski definition) is 0. The summed E-state index contributed by atoms with van der Waals surface area (Å²) in [5.41, 5.74) is 0. The molecular weight excluding hydrogens is 238 g/mol. The molecule has 0 fully saturated rings. The Morgan fingerprint density at radius 3 is 2.15 bits per heavy atom. The highest BCUT2D eigenvalue weighted by Gasteiger charge is 2.10. The molecule has 0 N–H and O–H groups in total. The van der Waals surface area contributed by atoms with Crippen LogP contribution in [-0.2, 0) is 5.11 Å². The van der Waals surface area contributed by atoms with Gasteiger partial charge in [-0.05, 0) is 6.07 Å². The van der Waals surface area contributed by atoms with Crippen molar-refractivity contribution in [3.63, 3.8) is 0 Å². The zero-order valence-electron chi connectivity index (χ0n) is 6.01. The molecule has 0 spiro atoms. The summed E-state index contributed by atoms with van der Waals surface area (Å²) < 4.78 is 4.21. The van der Waals surface area contributed by atoms with Gasteiger partial charge in [-0.25, -0.2) is 0 Å². The first-order chi connectivity index (χ1) is 6.00. The molecule has 3 nitrogen and oxygen atoms in total. The van der Waals surface area contributed by atoms with Crippen LogP contribution in [0.25, 0.3) is 0 Å². The number of halogens is 3. The van der Waals surface area contributed by atoms with Gasteiger partial charge in [0.25, 0.3) is 0 Å². The molecular formula is C7H2Cl3O3. The molecule has 0 atom stereocenters. The molecule has 0 saturated heterocycles. The molecule has 0 amide bonds. The maximum Gasteiger partial charge on any atom is 0.555 e. The number of benzene rings is 1. The van der Waals surface area contributed by atoms with Crippen molar-refractivity contribution in [3.8, 4) is 5.75 Å². The first-order valence-electron chi connectivity index (χ1n) is 3.04. The lowest BCUT2D eigenvalue weighted by atomic mass is 10.3. The van der Waals surface area contributed by atoms with Crippen LogP contribution >= 0.6 is 34.8 Å². The van der Waals surface area contributed by atoms with E-state index < -0.39 is 6.16 Å². The van der Waals surface area contributed by atoms with Crippen molar-refractivity contribution in [2.45, 2.75) is 0 Å². The van der Waals surface area contributed by atoms with Crippen LogP contribution in [0, 0.1) is 0 Å². The molecule has 6 heteroatoms. The van der Waals surface area contributed by atoms with Crippen LogP contribution in [0.1, 0.15) is 0 Å². The average molecular weight is 240 g/mol. The largest absolute Gasteiger partial charge is 0.555 e. The number of rotatable bonds is 1. The van der Waals surface area contributed by atoms with Gasteiger partial charge in [0.2, 0.25) is 0 Å².